The highest BCUT2D eigenvalue weighted by atomic mass is 32.1. The average molecular weight is 221 g/mol. The Morgan fingerprint density at radius 2 is 2.33 bits per heavy atom. The van der Waals surface area contributed by atoms with E-state index in [0.717, 1.165) is 18.8 Å². The molecule has 0 radical (unpaired) electrons. The van der Waals surface area contributed by atoms with E-state index < -0.39 is 0 Å². The average Bonchev–Trinajstić information content (AvgIpc) is 2.82. The first kappa shape index (κ1) is 10.4. The van der Waals surface area contributed by atoms with Crippen molar-refractivity contribution in [3.05, 3.63) is 28.8 Å². The van der Waals surface area contributed by atoms with Crippen LogP contribution in [0, 0.1) is 6.92 Å². The highest BCUT2D eigenvalue weighted by Crippen LogP contribution is 2.28. The Balaban J connectivity index is 2.24. The molecule has 0 spiro atoms. The van der Waals surface area contributed by atoms with Crippen molar-refractivity contribution in [2.75, 3.05) is 6.54 Å². The van der Waals surface area contributed by atoms with E-state index in [0.29, 0.717) is 0 Å². The van der Waals surface area contributed by atoms with Crippen LogP contribution in [0.5, 0.6) is 0 Å². The monoisotopic (exact) mass is 221 g/mol. The van der Waals surface area contributed by atoms with E-state index in [1.807, 2.05) is 6.20 Å². The van der Waals surface area contributed by atoms with Crippen molar-refractivity contribution < 1.29 is 0 Å². The summed E-state index contributed by atoms with van der Waals surface area (Å²) in [4.78, 5) is 2.59. The zero-order valence-electron chi connectivity index (χ0n) is 9.00. The van der Waals surface area contributed by atoms with Gasteiger partial charge in [0, 0.05) is 17.0 Å². The van der Waals surface area contributed by atoms with Crippen molar-refractivity contribution in [1.29, 1.82) is 0 Å². The van der Waals surface area contributed by atoms with Gasteiger partial charge in [-0.3, -0.25) is 5.10 Å². The summed E-state index contributed by atoms with van der Waals surface area (Å²) in [5.74, 6) is 0. The van der Waals surface area contributed by atoms with Crippen LogP contribution in [0.3, 0.4) is 0 Å². The Bertz CT molecular complexity index is 430. The number of aryl methyl sites for hydroxylation is 1. The van der Waals surface area contributed by atoms with Gasteiger partial charge in [-0.15, -0.1) is 11.3 Å². The van der Waals surface area contributed by atoms with E-state index in [4.69, 9.17) is 0 Å². The molecule has 0 aliphatic carbocycles. The molecule has 2 aromatic heterocycles. The Hall–Kier alpha value is -1.13. The molecule has 0 atom stereocenters. The van der Waals surface area contributed by atoms with Crippen molar-refractivity contribution >= 4 is 11.3 Å². The summed E-state index contributed by atoms with van der Waals surface area (Å²) in [5.41, 5.74) is 2.38. The van der Waals surface area contributed by atoms with Crippen LogP contribution in [0.4, 0.5) is 0 Å². The van der Waals surface area contributed by atoms with Crippen LogP contribution in [0.25, 0.3) is 10.6 Å². The smallest absolute Gasteiger partial charge is 0.0794 e. The highest BCUT2D eigenvalue weighted by Gasteiger charge is 2.08. The molecule has 0 aliphatic heterocycles. The third kappa shape index (κ3) is 2.27. The van der Waals surface area contributed by atoms with Crippen molar-refractivity contribution in [2.24, 2.45) is 0 Å². The first-order valence-electron chi connectivity index (χ1n) is 5.11. The zero-order valence-corrected chi connectivity index (χ0v) is 9.82. The number of aromatic amines is 1. The quantitative estimate of drug-likeness (QED) is 0.833. The Labute approximate surface area is 93.5 Å². The van der Waals surface area contributed by atoms with Gasteiger partial charge in [0.1, 0.15) is 0 Å². The Morgan fingerprint density at radius 3 is 3.00 bits per heavy atom. The van der Waals surface area contributed by atoms with Gasteiger partial charge >= 0.3 is 0 Å². The normalized spacial score (nSPS) is 10.8. The van der Waals surface area contributed by atoms with Crippen LogP contribution in [-0.4, -0.2) is 16.7 Å². The summed E-state index contributed by atoms with van der Waals surface area (Å²) in [7, 11) is 0. The molecule has 4 heteroatoms. The molecule has 15 heavy (non-hydrogen) atoms. The second kappa shape index (κ2) is 4.59. The second-order valence-electron chi connectivity index (χ2n) is 3.46. The van der Waals surface area contributed by atoms with Crippen molar-refractivity contribution in [3.8, 4) is 10.6 Å². The minimum Gasteiger partial charge on any atom is -0.313 e. The molecule has 0 aliphatic rings. The number of rotatable bonds is 4. The van der Waals surface area contributed by atoms with E-state index in [1.165, 1.54) is 15.3 Å². The summed E-state index contributed by atoms with van der Waals surface area (Å²) in [6, 6.07) is 4.28. The maximum atomic E-state index is 4.10. The van der Waals surface area contributed by atoms with E-state index in [1.54, 1.807) is 11.3 Å². The second-order valence-corrected chi connectivity index (χ2v) is 4.75. The van der Waals surface area contributed by atoms with Gasteiger partial charge in [-0.2, -0.15) is 5.10 Å². The van der Waals surface area contributed by atoms with Gasteiger partial charge in [-0.05, 0) is 25.6 Å². The van der Waals surface area contributed by atoms with E-state index in [2.05, 4.69) is 41.5 Å². The molecule has 0 saturated carbocycles. The Morgan fingerprint density at radius 1 is 1.47 bits per heavy atom. The van der Waals surface area contributed by atoms with Gasteiger partial charge in [0.05, 0.1) is 16.8 Å². The zero-order chi connectivity index (χ0) is 10.7. The fraction of sp³-hybridized carbons (Fsp3) is 0.364. The van der Waals surface area contributed by atoms with Crippen LogP contribution in [-0.2, 0) is 6.54 Å². The van der Waals surface area contributed by atoms with Crippen LogP contribution in [0.2, 0.25) is 0 Å². The summed E-state index contributed by atoms with van der Waals surface area (Å²) < 4.78 is 0. The van der Waals surface area contributed by atoms with Gasteiger partial charge in [0.2, 0.25) is 0 Å². The van der Waals surface area contributed by atoms with Gasteiger partial charge < -0.3 is 5.32 Å². The number of nitrogens with one attached hydrogen (secondary N) is 2. The number of thiophene rings is 1. The SMILES string of the molecule is CCNCc1cn[nH]c1-c1ccc(C)s1. The predicted octanol–water partition coefficient (Wildman–Crippen LogP) is 2.56. The Kier molecular flexibility index (Phi) is 3.18. The topological polar surface area (TPSA) is 40.7 Å². The molecule has 80 valence electrons. The van der Waals surface area contributed by atoms with E-state index >= 15 is 0 Å². The molecular formula is C11H15N3S. The van der Waals surface area contributed by atoms with Gasteiger partial charge in [0.25, 0.3) is 0 Å². The van der Waals surface area contributed by atoms with Gasteiger partial charge in [0.15, 0.2) is 0 Å². The maximum absolute atomic E-state index is 4.10. The van der Waals surface area contributed by atoms with Crippen molar-refractivity contribution in [3.63, 3.8) is 0 Å². The molecule has 0 saturated heterocycles. The molecule has 0 unspecified atom stereocenters. The molecule has 0 aromatic carbocycles. The first-order valence-corrected chi connectivity index (χ1v) is 5.92. The lowest BCUT2D eigenvalue weighted by atomic mass is 10.2. The van der Waals surface area contributed by atoms with Crippen LogP contribution in [0.1, 0.15) is 17.4 Å². The number of hydrogen-bond donors (Lipinski definition) is 2. The third-order valence-electron chi connectivity index (χ3n) is 2.27. The molecule has 2 heterocycles. The van der Waals surface area contributed by atoms with Gasteiger partial charge in [-0.25, -0.2) is 0 Å². The summed E-state index contributed by atoms with van der Waals surface area (Å²) >= 11 is 1.79. The molecular weight excluding hydrogens is 206 g/mol. The summed E-state index contributed by atoms with van der Waals surface area (Å²) in [6.45, 7) is 6.08. The number of H-pyrrole nitrogens is 1. The van der Waals surface area contributed by atoms with Crippen LogP contribution in [0.15, 0.2) is 18.3 Å². The lowest BCUT2D eigenvalue weighted by Gasteiger charge is -2.01. The fourth-order valence-electron chi connectivity index (χ4n) is 1.49. The minimum atomic E-state index is 0.874. The molecule has 0 amide bonds. The van der Waals surface area contributed by atoms with Crippen LogP contribution >= 0.6 is 11.3 Å². The van der Waals surface area contributed by atoms with Crippen molar-refractivity contribution in [1.82, 2.24) is 15.5 Å². The minimum absolute atomic E-state index is 0.874. The number of aromatic nitrogens is 2. The summed E-state index contributed by atoms with van der Waals surface area (Å²) in [6.07, 6.45) is 1.90. The molecule has 0 fully saturated rings. The maximum Gasteiger partial charge on any atom is 0.0794 e. The molecule has 0 bridgehead atoms. The number of hydrogen-bond acceptors (Lipinski definition) is 3. The lowest BCUT2D eigenvalue weighted by molar-refractivity contribution is 0.728. The van der Waals surface area contributed by atoms with Gasteiger partial charge in [-0.1, -0.05) is 6.92 Å². The van der Waals surface area contributed by atoms with Crippen LogP contribution < -0.4 is 5.32 Å². The standard InChI is InChI=1S/C11H15N3S/c1-3-12-6-9-7-13-14-11(9)10-5-4-8(2)15-10/h4-5,7,12H,3,6H2,1-2H3,(H,13,14). The molecule has 2 N–H and O–H groups in total. The number of nitrogens with zero attached hydrogens (tertiary/aromatic N) is 1. The summed E-state index contributed by atoms with van der Waals surface area (Å²) in [5, 5.41) is 10.5. The fourth-order valence-corrected chi connectivity index (χ4v) is 2.38. The first-order chi connectivity index (χ1) is 7.31. The predicted molar refractivity (Wildman–Crippen MR) is 64.0 cm³/mol. The third-order valence-corrected chi connectivity index (χ3v) is 3.29. The van der Waals surface area contributed by atoms with E-state index in [-0.39, 0.29) is 0 Å². The molecule has 3 nitrogen and oxygen atoms in total. The van der Waals surface area contributed by atoms with Crippen molar-refractivity contribution in [2.45, 2.75) is 20.4 Å². The molecule has 2 aromatic rings. The largest absolute Gasteiger partial charge is 0.313 e. The highest BCUT2D eigenvalue weighted by molar-refractivity contribution is 7.15. The van der Waals surface area contributed by atoms with E-state index in [9.17, 15) is 0 Å². The molecule has 2 rings (SSSR count). The lowest BCUT2D eigenvalue weighted by Crippen LogP contribution is -2.11.